The molecule has 0 spiro atoms. The number of benzene rings is 6. The van der Waals surface area contributed by atoms with Crippen LogP contribution in [-0.2, 0) is 48.1 Å². The van der Waals surface area contributed by atoms with Crippen LogP contribution in [0.25, 0.3) is 33.3 Å². The van der Waals surface area contributed by atoms with Gasteiger partial charge in [-0.15, -0.1) is 53.6 Å². The molecule has 358 valence electrons. The predicted molar refractivity (Wildman–Crippen MR) is 286 cm³/mol. The molecule has 0 saturated carbocycles. The summed E-state index contributed by atoms with van der Waals surface area (Å²) < 4.78 is 9.19. The monoisotopic (exact) mass is 1090 g/mol. The third-order valence-corrected chi connectivity index (χ3v) is 13.7. The molecule has 1 aliphatic rings. The standard InChI is InChI=1S/C63H67N4O.Pt/c1-59(2,3)44-25-28-55-54(36-44)53-27-26-51(39-56(53)67(55)58-37-45(29-30-64-58)60(4,5)6)68-52-35-47(62(10,11)12)33-50(38-52)66-41-65(40-57(66)42-21-17-15-18-22-42)49-32-46(61(7,8)9)31-48(34-49)63(13,14)43-23-19-16-20-24-43;/h15-37,40-41H,1-14H3;/q-3;. The number of anilines is 2. The Kier molecular flexibility index (Phi) is 13.0. The first kappa shape index (κ1) is 49.5. The van der Waals surface area contributed by atoms with E-state index in [9.17, 15) is 0 Å². The van der Waals surface area contributed by atoms with E-state index in [0.717, 1.165) is 50.4 Å². The van der Waals surface area contributed by atoms with Gasteiger partial charge < -0.3 is 19.1 Å². The first-order valence-corrected chi connectivity index (χ1v) is 24.1. The predicted octanol–water partition coefficient (Wildman–Crippen LogP) is 16.5. The van der Waals surface area contributed by atoms with E-state index in [4.69, 9.17) is 9.72 Å². The van der Waals surface area contributed by atoms with Gasteiger partial charge in [-0.2, -0.15) is 6.07 Å². The van der Waals surface area contributed by atoms with Gasteiger partial charge in [0, 0.05) is 61.1 Å². The summed E-state index contributed by atoms with van der Waals surface area (Å²) in [5.74, 6) is 2.08. The molecule has 0 radical (unpaired) electrons. The molecule has 3 heterocycles. The van der Waals surface area contributed by atoms with Crippen molar-refractivity contribution in [3.8, 4) is 17.3 Å². The van der Waals surface area contributed by atoms with Crippen molar-refractivity contribution in [1.29, 1.82) is 0 Å². The molecule has 0 saturated heterocycles. The smallest absolute Gasteiger partial charge is 0.135 e. The fourth-order valence-corrected chi connectivity index (χ4v) is 9.11. The zero-order valence-electron chi connectivity index (χ0n) is 42.9. The Morgan fingerprint density at radius 2 is 1.12 bits per heavy atom. The van der Waals surface area contributed by atoms with E-state index >= 15 is 0 Å². The average molecular weight is 1090 g/mol. The van der Waals surface area contributed by atoms with Gasteiger partial charge >= 0.3 is 0 Å². The fourth-order valence-electron chi connectivity index (χ4n) is 9.11. The van der Waals surface area contributed by atoms with E-state index in [2.05, 4.69) is 264 Å². The van der Waals surface area contributed by atoms with E-state index in [1.807, 2.05) is 12.3 Å². The normalized spacial score (nSPS) is 13.8. The van der Waals surface area contributed by atoms with Crippen LogP contribution in [0, 0.1) is 18.8 Å². The Hall–Kier alpha value is -5.90. The van der Waals surface area contributed by atoms with E-state index in [1.54, 1.807) is 0 Å². The molecule has 0 unspecified atom stereocenters. The van der Waals surface area contributed by atoms with Gasteiger partial charge in [0.2, 0.25) is 0 Å². The van der Waals surface area contributed by atoms with Gasteiger partial charge in [-0.05, 0) is 97.0 Å². The van der Waals surface area contributed by atoms with Gasteiger partial charge in [0.05, 0.1) is 0 Å². The SMILES string of the molecule is CC(C)(C)c1cc(Oc2[c-]c3c(cc2)c2cc(C(C)(C)C)ccc2n3-c2cc(C(C)(C)C)ccn2)[c-]c(N2[CH-]N(c3cc(C(C)(C)C)cc(C(C)(C)c4ccccc4)c3)C=C2c2ccccc2)c1.[Pt]. The molecule has 0 N–H and O–H groups in total. The van der Waals surface area contributed by atoms with Crippen molar-refractivity contribution in [3.63, 3.8) is 0 Å². The minimum Gasteiger partial charge on any atom is -0.509 e. The first-order chi connectivity index (χ1) is 31.9. The largest absolute Gasteiger partial charge is 0.509 e. The molecule has 6 heteroatoms. The topological polar surface area (TPSA) is 33.5 Å². The second kappa shape index (κ2) is 18.1. The minimum atomic E-state index is -0.222. The van der Waals surface area contributed by atoms with Crippen LogP contribution in [0.4, 0.5) is 11.4 Å². The van der Waals surface area contributed by atoms with Crippen LogP contribution < -0.4 is 14.5 Å². The number of aromatic nitrogens is 2. The quantitative estimate of drug-likeness (QED) is 0.142. The summed E-state index contributed by atoms with van der Waals surface area (Å²) >= 11 is 0. The van der Waals surface area contributed by atoms with E-state index in [1.165, 1.54) is 33.2 Å². The van der Waals surface area contributed by atoms with Crippen LogP contribution in [0.15, 0.2) is 146 Å². The van der Waals surface area contributed by atoms with Gasteiger partial charge in [0.25, 0.3) is 0 Å². The maximum atomic E-state index is 6.95. The van der Waals surface area contributed by atoms with Crippen LogP contribution in [0.5, 0.6) is 11.5 Å². The number of pyridine rings is 1. The van der Waals surface area contributed by atoms with Crippen molar-refractivity contribution in [3.05, 3.63) is 204 Å². The van der Waals surface area contributed by atoms with Crippen LogP contribution in [0.1, 0.15) is 136 Å². The summed E-state index contributed by atoms with van der Waals surface area (Å²) in [6, 6.07) is 55.8. The maximum absolute atomic E-state index is 6.95. The Balaban J connectivity index is 0.00000642. The van der Waals surface area contributed by atoms with Gasteiger partial charge in [-0.25, -0.2) is 4.98 Å². The summed E-state index contributed by atoms with van der Waals surface area (Å²) in [6.45, 7) is 34.0. The van der Waals surface area contributed by atoms with Crippen molar-refractivity contribution in [2.24, 2.45) is 0 Å². The molecule has 8 aromatic rings. The molecule has 1 aliphatic heterocycles. The van der Waals surface area contributed by atoms with E-state index in [0.29, 0.717) is 11.5 Å². The number of rotatable bonds is 8. The zero-order chi connectivity index (χ0) is 48.6. The number of hydrogen-bond acceptors (Lipinski definition) is 4. The van der Waals surface area contributed by atoms with Crippen LogP contribution in [-0.4, -0.2) is 9.55 Å². The van der Waals surface area contributed by atoms with Crippen molar-refractivity contribution >= 4 is 38.9 Å². The van der Waals surface area contributed by atoms with Crippen LogP contribution in [0.3, 0.4) is 0 Å². The number of nitrogens with zero attached hydrogens (tertiary/aromatic N) is 4. The number of ether oxygens (including phenoxy) is 1. The minimum absolute atomic E-state index is 0. The summed E-state index contributed by atoms with van der Waals surface area (Å²) in [5.41, 5.74) is 13.1. The van der Waals surface area contributed by atoms with Crippen molar-refractivity contribution < 1.29 is 25.8 Å². The van der Waals surface area contributed by atoms with Crippen LogP contribution >= 0.6 is 0 Å². The third kappa shape index (κ3) is 9.96. The molecular weight excluding hydrogens is 1020 g/mol. The molecule has 0 aliphatic carbocycles. The zero-order valence-corrected chi connectivity index (χ0v) is 45.2. The Morgan fingerprint density at radius 1 is 0.507 bits per heavy atom. The molecule has 5 nitrogen and oxygen atoms in total. The Labute approximate surface area is 426 Å². The van der Waals surface area contributed by atoms with Gasteiger partial charge in [0.15, 0.2) is 0 Å². The first-order valence-electron chi connectivity index (χ1n) is 24.1. The van der Waals surface area contributed by atoms with E-state index in [-0.39, 0.29) is 48.1 Å². The molecule has 6 aromatic carbocycles. The number of hydrogen-bond donors (Lipinski definition) is 0. The Morgan fingerprint density at radius 3 is 1.77 bits per heavy atom. The van der Waals surface area contributed by atoms with Crippen molar-refractivity contribution in [1.82, 2.24) is 9.55 Å². The fraction of sp³-hybridized carbons (Fsp3) is 0.302. The van der Waals surface area contributed by atoms with Gasteiger partial charge in [0.1, 0.15) is 5.82 Å². The number of fused-ring (bicyclic) bond motifs is 3. The second-order valence-electron chi connectivity index (χ2n) is 23.3. The van der Waals surface area contributed by atoms with Crippen molar-refractivity contribution in [2.45, 2.75) is 124 Å². The maximum Gasteiger partial charge on any atom is 0.135 e. The molecule has 0 amide bonds. The molecule has 0 fully saturated rings. The third-order valence-electron chi connectivity index (χ3n) is 13.7. The average Bonchev–Trinajstić information content (AvgIpc) is 3.88. The second-order valence-corrected chi connectivity index (χ2v) is 23.3. The molecule has 9 rings (SSSR count). The summed E-state index contributed by atoms with van der Waals surface area (Å²) in [4.78, 5) is 9.49. The Bertz CT molecular complexity index is 3190. The summed E-state index contributed by atoms with van der Waals surface area (Å²) in [6.07, 6.45) is 4.18. The molecule has 0 atom stereocenters. The molecular formula is C63H67N4OPt-3. The molecule has 2 aromatic heterocycles. The molecule has 69 heavy (non-hydrogen) atoms. The van der Waals surface area contributed by atoms with Crippen LogP contribution in [0.2, 0.25) is 0 Å². The van der Waals surface area contributed by atoms with Gasteiger partial charge in [-0.1, -0.05) is 181 Å². The van der Waals surface area contributed by atoms with Gasteiger partial charge in [-0.3, -0.25) is 0 Å². The summed E-state index contributed by atoms with van der Waals surface area (Å²) in [7, 11) is 0. The summed E-state index contributed by atoms with van der Waals surface area (Å²) in [5, 5.41) is 2.27. The van der Waals surface area contributed by atoms with E-state index < -0.39 is 0 Å². The molecule has 0 bridgehead atoms. The van der Waals surface area contributed by atoms with Crippen molar-refractivity contribution in [2.75, 3.05) is 9.80 Å².